The van der Waals surface area contributed by atoms with Crippen molar-refractivity contribution in [1.29, 1.82) is 0 Å². The van der Waals surface area contributed by atoms with Crippen molar-refractivity contribution in [3.8, 4) is 0 Å². The van der Waals surface area contributed by atoms with Gasteiger partial charge < -0.3 is 10.6 Å². The number of carbonyl (C=O) groups is 3. The van der Waals surface area contributed by atoms with Gasteiger partial charge in [-0.2, -0.15) is 8.78 Å². The number of hydrogen-bond donors (Lipinski definition) is 1. The summed E-state index contributed by atoms with van der Waals surface area (Å²) in [5.41, 5.74) is 5.50. The fourth-order valence-corrected chi connectivity index (χ4v) is 3.08. The summed E-state index contributed by atoms with van der Waals surface area (Å²) in [6, 6.07) is -2.56. The van der Waals surface area contributed by atoms with Crippen LogP contribution in [0, 0.1) is 17.8 Å². The van der Waals surface area contributed by atoms with Gasteiger partial charge in [0.1, 0.15) is 6.04 Å². The van der Waals surface area contributed by atoms with Gasteiger partial charge in [0.05, 0.1) is 6.04 Å². The molecule has 0 fully saturated rings. The Hall–Kier alpha value is -1.79. The van der Waals surface area contributed by atoms with Gasteiger partial charge >= 0.3 is 5.92 Å². The highest BCUT2D eigenvalue weighted by Crippen LogP contribution is 2.30. The zero-order chi connectivity index (χ0) is 21.5. The van der Waals surface area contributed by atoms with Gasteiger partial charge in [0.25, 0.3) is 0 Å². The Bertz CT molecular complexity index is 545. The molecule has 27 heavy (non-hydrogen) atoms. The molecule has 0 rings (SSSR count). The van der Waals surface area contributed by atoms with E-state index < -0.39 is 47.9 Å². The topological polar surface area (TPSA) is 80.5 Å². The van der Waals surface area contributed by atoms with Crippen LogP contribution in [0.15, 0.2) is 12.7 Å². The number of primary amides is 1. The van der Waals surface area contributed by atoms with Gasteiger partial charge in [-0.3, -0.25) is 14.4 Å². The summed E-state index contributed by atoms with van der Waals surface area (Å²) in [5.74, 6) is -7.00. The van der Waals surface area contributed by atoms with E-state index in [0.717, 1.165) is 11.0 Å². The molecule has 156 valence electrons. The SMILES string of the molecule is C=CCC(F)(F)C(=O)C(CC(C)C)N(C(=O)CC(C)C)[C@H](C(N)=O)C(C)C. The lowest BCUT2D eigenvalue weighted by Crippen LogP contribution is -2.60. The molecule has 0 saturated heterocycles. The molecule has 1 unspecified atom stereocenters. The maximum Gasteiger partial charge on any atom is 0.310 e. The minimum atomic E-state index is -3.67. The Morgan fingerprint density at radius 2 is 1.59 bits per heavy atom. The van der Waals surface area contributed by atoms with E-state index in [9.17, 15) is 23.2 Å². The standard InChI is InChI=1S/C20H34F2N2O3/c1-8-9-20(21,22)18(26)15(10-12(2)3)24(16(25)11-13(4)5)17(14(6)7)19(23)27/h8,12-15,17H,1,9-11H2,2-7H3,(H2,23,27)/t15?,17-/m0/s1. The Labute approximate surface area is 161 Å². The molecule has 7 heteroatoms. The summed E-state index contributed by atoms with van der Waals surface area (Å²) in [5, 5.41) is 0. The van der Waals surface area contributed by atoms with Gasteiger partial charge in [0, 0.05) is 12.8 Å². The molecule has 2 amide bonds. The zero-order valence-corrected chi connectivity index (χ0v) is 17.3. The second-order valence-electron chi connectivity index (χ2n) is 8.20. The van der Waals surface area contributed by atoms with E-state index in [1.54, 1.807) is 41.5 Å². The van der Waals surface area contributed by atoms with Crippen molar-refractivity contribution in [3.05, 3.63) is 12.7 Å². The first kappa shape index (κ1) is 25.2. The second kappa shape index (κ2) is 10.5. The third kappa shape index (κ3) is 7.39. The molecule has 0 bridgehead atoms. The third-order valence-corrected chi connectivity index (χ3v) is 4.19. The number of alkyl halides is 2. The summed E-state index contributed by atoms with van der Waals surface area (Å²) in [7, 11) is 0. The number of nitrogens with two attached hydrogens (primary N) is 1. The highest BCUT2D eigenvalue weighted by molar-refractivity contribution is 5.96. The Morgan fingerprint density at radius 3 is 1.93 bits per heavy atom. The van der Waals surface area contributed by atoms with Gasteiger partial charge in [0.15, 0.2) is 0 Å². The number of carbonyl (C=O) groups excluding carboxylic acids is 3. The molecular formula is C20H34F2N2O3. The fraction of sp³-hybridized carbons (Fsp3) is 0.750. The predicted molar refractivity (Wildman–Crippen MR) is 102 cm³/mol. The van der Waals surface area contributed by atoms with Crippen molar-refractivity contribution in [2.75, 3.05) is 0 Å². The summed E-state index contributed by atoms with van der Waals surface area (Å²) in [4.78, 5) is 38.7. The quantitative estimate of drug-likeness (QED) is 0.519. The van der Waals surface area contributed by atoms with Crippen LogP contribution >= 0.6 is 0 Å². The highest BCUT2D eigenvalue weighted by Gasteiger charge is 2.48. The Balaban J connectivity index is 6.33. The average molecular weight is 388 g/mol. The van der Waals surface area contributed by atoms with E-state index in [2.05, 4.69) is 6.58 Å². The molecule has 5 nitrogen and oxygen atoms in total. The number of allylic oxidation sites excluding steroid dienone is 1. The number of Topliss-reactive ketones (excluding diaryl/α,β-unsaturated/α-hetero) is 1. The summed E-state index contributed by atoms with van der Waals surface area (Å²) in [6.45, 7) is 13.8. The highest BCUT2D eigenvalue weighted by atomic mass is 19.3. The first-order valence-electron chi connectivity index (χ1n) is 9.39. The van der Waals surface area contributed by atoms with Crippen LogP contribution in [0.5, 0.6) is 0 Å². The molecule has 2 N–H and O–H groups in total. The molecule has 0 aromatic heterocycles. The van der Waals surface area contributed by atoms with Crippen LogP contribution in [0.4, 0.5) is 8.78 Å². The van der Waals surface area contributed by atoms with Crippen molar-refractivity contribution in [3.63, 3.8) is 0 Å². The molecule has 0 saturated carbocycles. The number of hydrogen-bond acceptors (Lipinski definition) is 3. The van der Waals surface area contributed by atoms with E-state index in [1.165, 1.54) is 0 Å². The van der Waals surface area contributed by atoms with Gasteiger partial charge in [-0.05, 0) is 24.2 Å². The first-order chi connectivity index (χ1) is 12.3. The summed E-state index contributed by atoms with van der Waals surface area (Å²) in [6.07, 6.45) is 0.200. The minimum absolute atomic E-state index is 0.0197. The van der Waals surface area contributed by atoms with Gasteiger partial charge in [0.2, 0.25) is 17.6 Å². The molecule has 0 aromatic carbocycles. The lowest BCUT2D eigenvalue weighted by Gasteiger charge is -2.40. The third-order valence-electron chi connectivity index (χ3n) is 4.19. The molecule has 0 radical (unpaired) electrons. The summed E-state index contributed by atoms with van der Waals surface area (Å²) >= 11 is 0. The smallest absolute Gasteiger partial charge is 0.310 e. The van der Waals surface area contributed by atoms with Crippen molar-refractivity contribution in [2.24, 2.45) is 23.5 Å². The maximum atomic E-state index is 14.4. The molecule has 2 atom stereocenters. The van der Waals surface area contributed by atoms with E-state index in [0.29, 0.717) is 0 Å². The second-order valence-corrected chi connectivity index (χ2v) is 8.20. The van der Waals surface area contributed by atoms with Gasteiger partial charge in [-0.15, -0.1) is 6.58 Å². The fourth-order valence-electron chi connectivity index (χ4n) is 3.08. The van der Waals surface area contributed by atoms with Crippen LogP contribution in [0.25, 0.3) is 0 Å². The van der Waals surface area contributed by atoms with E-state index >= 15 is 0 Å². The van der Waals surface area contributed by atoms with Crippen LogP contribution in [0.3, 0.4) is 0 Å². The molecule has 0 aromatic rings. The molecule has 0 heterocycles. The monoisotopic (exact) mass is 388 g/mol. The lowest BCUT2D eigenvalue weighted by molar-refractivity contribution is -0.159. The lowest BCUT2D eigenvalue weighted by atomic mass is 9.89. The van der Waals surface area contributed by atoms with E-state index in [1.807, 2.05) is 0 Å². The van der Waals surface area contributed by atoms with Crippen LogP contribution in [-0.4, -0.2) is 40.5 Å². The molecule has 0 aliphatic rings. The number of rotatable bonds is 12. The largest absolute Gasteiger partial charge is 0.368 e. The van der Waals surface area contributed by atoms with Crippen molar-refractivity contribution >= 4 is 17.6 Å². The zero-order valence-electron chi connectivity index (χ0n) is 17.3. The van der Waals surface area contributed by atoms with Gasteiger partial charge in [-0.1, -0.05) is 47.6 Å². The van der Waals surface area contributed by atoms with Crippen LogP contribution in [0.1, 0.15) is 60.8 Å². The number of nitrogens with zero attached hydrogens (tertiary/aromatic N) is 1. The Morgan fingerprint density at radius 1 is 1.07 bits per heavy atom. The van der Waals surface area contributed by atoms with Gasteiger partial charge in [-0.25, -0.2) is 0 Å². The summed E-state index contributed by atoms with van der Waals surface area (Å²) < 4.78 is 28.8. The van der Waals surface area contributed by atoms with E-state index in [4.69, 9.17) is 5.73 Å². The Kier molecular flexibility index (Phi) is 9.82. The number of amides is 2. The predicted octanol–water partition coefficient (Wildman–Crippen LogP) is 3.57. The van der Waals surface area contributed by atoms with Crippen molar-refractivity contribution in [1.82, 2.24) is 4.90 Å². The molecule has 0 aliphatic carbocycles. The number of halogens is 2. The minimum Gasteiger partial charge on any atom is -0.368 e. The molecular weight excluding hydrogens is 354 g/mol. The first-order valence-corrected chi connectivity index (χ1v) is 9.39. The van der Waals surface area contributed by atoms with Crippen LogP contribution in [-0.2, 0) is 14.4 Å². The van der Waals surface area contributed by atoms with E-state index in [-0.39, 0.29) is 24.7 Å². The van der Waals surface area contributed by atoms with Crippen molar-refractivity contribution < 1.29 is 23.2 Å². The van der Waals surface area contributed by atoms with Crippen LogP contribution in [0.2, 0.25) is 0 Å². The normalized spacial score (nSPS) is 14.3. The molecule has 0 aliphatic heterocycles. The maximum absolute atomic E-state index is 14.4. The average Bonchev–Trinajstić information content (AvgIpc) is 2.47. The number of ketones is 1. The molecule has 0 spiro atoms. The van der Waals surface area contributed by atoms with Crippen LogP contribution < -0.4 is 5.73 Å². The van der Waals surface area contributed by atoms with Crippen molar-refractivity contribution in [2.45, 2.75) is 78.8 Å².